The van der Waals surface area contributed by atoms with Crippen LogP contribution in [0.4, 0.5) is 0 Å². The van der Waals surface area contributed by atoms with Gasteiger partial charge in [-0.15, -0.1) is 0 Å². The maximum atomic E-state index is 13.0. The van der Waals surface area contributed by atoms with Crippen molar-refractivity contribution in [3.63, 3.8) is 0 Å². The first-order valence-electron chi connectivity index (χ1n) is 9.08. The molecule has 0 unspecified atom stereocenters. The second-order valence-electron chi connectivity index (χ2n) is 6.99. The highest BCUT2D eigenvalue weighted by Gasteiger charge is 2.31. The molecule has 2 aromatic heterocycles. The molecule has 5 rings (SSSR count). The lowest BCUT2D eigenvalue weighted by atomic mass is 9.97. The van der Waals surface area contributed by atoms with E-state index in [-0.39, 0.29) is 10.8 Å². The van der Waals surface area contributed by atoms with E-state index in [0.29, 0.717) is 37.0 Å². The van der Waals surface area contributed by atoms with Gasteiger partial charge < -0.3 is 9.40 Å². The predicted octanol–water partition coefficient (Wildman–Crippen LogP) is 2.57. The van der Waals surface area contributed by atoms with Crippen LogP contribution < -0.4 is 5.76 Å². The van der Waals surface area contributed by atoms with Gasteiger partial charge in [0.05, 0.1) is 21.4 Å². The number of hydrogen-bond acceptors (Lipinski definition) is 5. The first kappa shape index (κ1) is 17.2. The van der Waals surface area contributed by atoms with Gasteiger partial charge in [-0.05, 0) is 43.2 Å². The summed E-state index contributed by atoms with van der Waals surface area (Å²) < 4.78 is 32.4. The van der Waals surface area contributed by atoms with Gasteiger partial charge in [-0.25, -0.2) is 18.2 Å². The number of rotatable bonds is 3. The molecule has 0 bridgehead atoms. The third-order valence-electron chi connectivity index (χ3n) is 5.28. The summed E-state index contributed by atoms with van der Waals surface area (Å²) in [4.78, 5) is 21.9. The molecule has 2 N–H and O–H groups in total. The molecule has 144 valence electrons. The zero-order valence-electron chi connectivity index (χ0n) is 14.9. The molecule has 1 aliphatic rings. The molecule has 0 radical (unpaired) electrons. The van der Waals surface area contributed by atoms with E-state index in [4.69, 9.17) is 4.42 Å². The highest BCUT2D eigenvalue weighted by atomic mass is 32.2. The van der Waals surface area contributed by atoms with Crippen LogP contribution in [0.5, 0.6) is 0 Å². The molecular weight excluding hydrogens is 380 g/mol. The average Bonchev–Trinajstić information content (AvgIpc) is 3.29. The fourth-order valence-electron chi connectivity index (χ4n) is 3.78. The van der Waals surface area contributed by atoms with Crippen LogP contribution >= 0.6 is 0 Å². The van der Waals surface area contributed by atoms with Crippen molar-refractivity contribution < 1.29 is 12.8 Å². The smallest absolute Gasteiger partial charge is 0.408 e. The molecule has 0 amide bonds. The Labute approximate surface area is 160 Å². The number of nitrogens with zero attached hydrogens (tertiary/aromatic N) is 2. The fourth-order valence-corrected chi connectivity index (χ4v) is 5.27. The first-order valence-corrected chi connectivity index (χ1v) is 10.5. The Morgan fingerprint density at radius 3 is 2.61 bits per heavy atom. The van der Waals surface area contributed by atoms with E-state index in [1.54, 1.807) is 0 Å². The molecule has 0 saturated carbocycles. The van der Waals surface area contributed by atoms with Gasteiger partial charge in [0.2, 0.25) is 10.0 Å². The number of imidazole rings is 1. The number of fused-ring (bicyclic) bond motifs is 2. The molecule has 1 fully saturated rings. The maximum absolute atomic E-state index is 13.0. The number of para-hydroxylation sites is 2. The quantitative estimate of drug-likeness (QED) is 0.551. The van der Waals surface area contributed by atoms with Gasteiger partial charge in [-0.3, -0.25) is 4.98 Å². The van der Waals surface area contributed by atoms with Crippen LogP contribution in [0, 0.1) is 0 Å². The number of oxazole rings is 1. The number of sulfonamides is 1. The Bertz CT molecular complexity index is 1290. The average molecular weight is 398 g/mol. The Morgan fingerprint density at radius 2 is 1.82 bits per heavy atom. The van der Waals surface area contributed by atoms with Gasteiger partial charge in [0.15, 0.2) is 5.58 Å². The Morgan fingerprint density at radius 1 is 1.04 bits per heavy atom. The van der Waals surface area contributed by atoms with E-state index in [1.807, 2.05) is 24.3 Å². The van der Waals surface area contributed by atoms with Crippen molar-refractivity contribution in [1.82, 2.24) is 19.3 Å². The molecule has 9 heteroatoms. The van der Waals surface area contributed by atoms with Gasteiger partial charge in [0.1, 0.15) is 5.82 Å². The van der Waals surface area contributed by atoms with Crippen molar-refractivity contribution in [2.45, 2.75) is 23.7 Å². The summed E-state index contributed by atoms with van der Waals surface area (Å²) in [5, 5.41) is 0. The first-order chi connectivity index (χ1) is 13.5. The number of piperidine rings is 1. The number of hydrogen-bond donors (Lipinski definition) is 2. The summed E-state index contributed by atoms with van der Waals surface area (Å²) >= 11 is 0. The largest absolute Gasteiger partial charge is 0.417 e. The molecule has 1 aliphatic heterocycles. The molecule has 2 aromatic carbocycles. The van der Waals surface area contributed by atoms with Gasteiger partial charge in [-0.2, -0.15) is 4.31 Å². The number of H-pyrrole nitrogens is 2. The molecule has 8 nitrogen and oxygen atoms in total. The lowest BCUT2D eigenvalue weighted by Crippen LogP contribution is -2.38. The third kappa shape index (κ3) is 2.83. The SMILES string of the molecule is O=c1[nH]c2cc(S(=O)(=O)N3CCC(c4nc5ccccc5[nH]4)CC3)ccc2o1. The summed E-state index contributed by atoms with van der Waals surface area (Å²) in [7, 11) is -3.64. The Hall–Kier alpha value is -2.91. The van der Waals surface area contributed by atoms with Crippen LogP contribution in [0.1, 0.15) is 24.6 Å². The second-order valence-corrected chi connectivity index (χ2v) is 8.93. The van der Waals surface area contributed by atoms with Crippen molar-refractivity contribution in [3.8, 4) is 0 Å². The Kier molecular flexibility index (Phi) is 3.88. The van der Waals surface area contributed by atoms with Crippen molar-refractivity contribution >= 4 is 32.2 Å². The second kappa shape index (κ2) is 6.32. The van der Waals surface area contributed by atoms with Gasteiger partial charge in [-0.1, -0.05) is 12.1 Å². The minimum atomic E-state index is -3.64. The maximum Gasteiger partial charge on any atom is 0.417 e. The highest BCUT2D eigenvalue weighted by Crippen LogP contribution is 2.31. The van der Waals surface area contributed by atoms with Crippen LogP contribution in [-0.4, -0.2) is 40.8 Å². The van der Waals surface area contributed by atoms with Crippen molar-refractivity contribution in [3.05, 3.63) is 58.8 Å². The predicted molar refractivity (Wildman–Crippen MR) is 104 cm³/mol. The van der Waals surface area contributed by atoms with E-state index in [0.717, 1.165) is 16.9 Å². The van der Waals surface area contributed by atoms with Gasteiger partial charge in [0.25, 0.3) is 0 Å². The zero-order valence-corrected chi connectivity index (χ0v) is 15.7. The number of benzene rings is 2. The summed E-state index contributed by atoms with van der Waals surface area (Å²) in [6.45, 7) is 0.841. The molecule has 1 saturated heterocycles. The molecule has 28 heavy (non-hydrogen) atoms. The molecular formula is C19H18N4O4S. The van der Waals surface area contributed by atoms with Crippen LogP contribution in [0.15, 0.2) is 56.6 Å². The molecule has 0 spiro atoms. The number of nitrogens with one attached hydrogen (secondary N) is 2. The van der Waals surface area contributed by atoms with Crippen LogP contribution in [0.2, 0.25) is 0 Å². The van der Waals surface area contributed by atoms with Crippen molar-refractivity contribution in [2.75, 3.05) is 13.1 Å². The minimum Gasteiger partial charge on any atom is -0.408 e. The highest BCUT2D eigenvalue weighted by molar-refractivity contribution is 7.89. The van der Waals surface area contributed by atoms with E-state index in [2.05, 4.69) is 15.0 Å². The topological polar surface area (TPSA) is 112 Å². The fraction of sp³-hybridized carbons (Fsp3) is 0.263. The molecule has 0 aliphatic carbocycles. The van der Waals surface area contributed by atoms with Crippen molar-refractivity contribution in [1.29, 1.82) is 0 Å². The van der Waals surface area contributed by atoms with E-state index in [1.165, 1.54) is 22.5 Å². The lowest BCUT2D eigenvalue weighted by Gasteiger charge is -2.30. The van der Waals surface area contributed by atoms with Crippen LogP contribution in [0.3, 0.4) is 0 Å². The minimum absolute atomic E-state index is 0.152. The van der Waals surface area contributed by atoms with Crippen LogP contribution in [-0.2, 0) is 10.0 Å². The zero-order chi connectivity index (χ0) is 19.3. The number of aromatic amines is 2. The summed E-state index contributed by atoms with van der Waals surface area (Å²) in [5.41, 5.74) is 2.64. The summed E-state index contributed by atoms with van der Waals surface area (Å²) in [6.07, 6.45) is 1.40. The van der Waals surface area contributed by atoms with E-state index in [9.17, 15) is 13.2 Å². The normalized spacial score (nSPS) is 16.9. The third-order valence-corrected chi connectivity index (χ3v) is 7.17. The van der Waals surface area contributed by atoms with E-state index < -0.39 is 15.8 Å². The van der Waals surface area contributed by atoms with Crippen LogP contribution in [0.25, 0.3) is 22.1 Å². The van der Waals surface area contributed by atoms with Gasteiger partial charge in [0, 0.05) is 19.0 Å². The molecule has 0 atom stereocenters. The summed E-state index contributed by atoms with van der Waals surface area (Å²) in [5.74, 6) is 0.512. The Balaban J connectivity index is 1.36. The molecule has 4 aromatic rings. The molecule has 3 heterocycles. The van der Waals surface area contributed by atoms with Gasteiger partial charge >= 0.3 is 5.76 Å². The monoisotopic (exact) mass is 398 g/mol. The van der Waals surface area contributed by atoms with Crippen molar-refractivity contribution in [2.24, 2.45) is 0 Å². The number of aromatic nitrogens is 3. The summed E-state index contributed by atoms with van der Waals surface area (Å²) in [6, 6.07) is 12.3. The van der Waals surface area contributed by atoms with E-state index >= 15 is 0 Å². The lowest BCUT2D eigenvalue weighted by molar-refractivity contribution is 0.314. The standard InChI is InChI=1S/C19H18N4O4S/c24-19-22-16-11-13(5-6-17(16)27-19)28(25,26)23-9-7-12(8-10-23)18-20-14-3-1-2-4-15(14)21-18/h1-6,11-12H,7-10H2,(H,20,21)(H,22,24).